The standard InChI is InChI=1S/C40H36N4O/c1-24-17-25(2)38(26(3)18-24)39-33-15-14-29(42-33)19-28-12-13-30(41-28)21-37-40(4,5)23-31(43-37)20-34-32(22-35(39)44-34)36(45)16-11-27-9-7-6-8-10-27/h6-22,41,44H,23H2,1-5H3/b16-11+,28-19?,29-19?,30-21?,31-20?,34-20?,37-21?,39-33?,39-35?. The van der Waals surface area contributed by atoms with Crippen LogP contribution in [0.3, 0.4) is 0 Å². The van der Waals surface area contributed by atoms with E-state index in [-0.39, 0.29) is 11.2 Å². The van der Waals surface area contributed by atoms with Crippen LogP contribution in [0.25, 0.3) is 51.4 Å². The number of aryl methyl sites for hydroxylation is 3. The summed E-state index contributed by atoms with van der Waals surface area (Å²) >= 11 is 0. The van der Waals surface area contributed by atoms with Gasteiger partial charge >= 0.3 is 0 Å². The fourth-order valence-electron chi connectivity index (χ4n) is 6.59. The maximum absolute atomic E-state index is 13.9. The summed E-state index contributed by atoms with van der Waals surface area (Å²) in [5, 5.41) is 0. The molecule has 0 saturated carbocycles. The lowest BCUT2D eigenvalue weighted by atomic mass is 9.87. The van der Waals surface area contributed by atoms with Crippen LogP contribution in [-0.2, 0) is 11.8 Å². The van der Waals surface area contributed by atoms with Crippen molar-refractivity contribution in [3.63, 3.8) is 0 Å². The zero-order valence-corrected chi connectivity index (χ0v) is 26.3. The van der Waals surface area contributed by atoms with Crippen molar-refractivity contribution in [3.8, 4) is 11.1 Å². The fraction of sp³-hybridized carbons (Fsp3) is 0.175. The van der Waals surface area contributed by atoms with Crippen molar-refractivity contribution in [1.82, 2.24) is 19.9 Å². The molecule has 0 aliphatic carbocycles. The molecule has 45 heavy (non-hydrogen) atoms. The van der Waals surface area contributed by atoms with Crippen LogP contribution in [0.1, 0.15) is 69.2 Å². The van der Waals surface area contributed by atoms with Crippen LogP contribution in [0.15, 0.2) is 84.9 Å². The minimum Gasteiger partial charge on any atom is -0.355 e. The minimum atomic E-state index is -0.156. The predicted octanol–water partition coefficient (Wildman–Crippen LogP) is 9.49. The van der Waals surface area contributed by atoms with Crippen LogP contribution in [0.4, 0.5) is 0 Å². The van der Waals surface area contributed by atoms with Gasteiger partial charge in [0.05, 0.1) is 16.9 Å². The second kappa shape index (κ2) is 11.0. The maximum Gasteiger partial charge on any atom is 0.188 e. The van der Waals surface area contributed by atoms with E-state index in [0.717, 1.165) is 79.1 Å². The maximum atomic E-state index is 13.9. The van der Waals surface area contributed by atoms with Crippen molar-refractivity contribution in [2.24, 2.45) is 0 Å². The molecule has 0 spiro atoms. The number of hydrogen-bond donors (Lipinski definition) is 2. The smallest absolute Gasteiger partial charge is 0.188 e. The molecule has 5 aromatic rings. The average molecular weight is 589 g/mol. The molecule has 0 amide bonds. The zero-order valence-electron chi connectivity index (χ0n) is 26.3. The van der Waals surface area contributed by atoms with Gasteiger partial charge in [-0.15, -0.1) is 0 Å². The van der Waals surface area contributed by atoms with Gasteiger partial charge in [0, 0.05) is 50.9 Å². The Morgan fingerprint density at radius 1 is 0.778 bits per heavy atom. The zero-order chi connectivity index (χ0) is 31.3. The Kier molecular flexibility index (Phi) is 6.97. The first-order valence-corrected chi connectivity index (χ1v) is 15.4. The number of benzene rings is 2. The number of nitrogens with one attached hydrogen (secondary N) is 2. The molecule has 0 saturated heterocycles. The third-order valence-electron chi connectivity index (χ3n) is 8.67. The number of nitrogens with zero attached hydrogens (tertiary/aromatic N) is 2. The highest BCUT2D eigenvalue weighted by atomic mass is 16.1. The second-order valence-corrected chi connectivity index (χ2v) is 12.9. The number of carbonyl (C=O) groups excluding carboxylic acids is 1. The molecule has 0 radical (unpaired) electrons. The third-order valence-corrected chi connectivity index (χ3v) is 8.67. The summed E-state index contributed by atoms with van der Waals surface area (Å²) in [5.41, 5.74) is 14.3. The van der Waals surface area contributed by atoms with Crippen molar-refractivity contribution in [1.29, 1.82) is 0 Å². The lowest BCUT2D eigenvalue weighted by Gasteiger charge is -2.15. The van der Waals surface area contributed by atoms with Crippen LogP contribution in [0.5, 0.6) is 0 Å². The highest BCUT2D eigenvalue weighted by Crippen LogP contribution is 2.37. The molecule has 3 aromatic heterocycles. The van der Waals surface area contributed by atoms with E-state index in [2.05, 4.69) is 87.1 Å². The number of H-pyrrole nitrogens is 2. The van der Waals surface area contributed by atoms with Gasteiger partial charge in [-0.25, -0.2) is 4.98 Å². The Labute approximate surface area is 263 Å². The number of ketones is 1. The molecular weight excluding hydrogens is 552 g/mol. The minimum absolute atomic E-state index is 0.0704. The molecule has 5 nitrogen and oxygen atoms in total. The summed E-state index contributed by atoms with van der Waals surface area (Å²) in [5.74, 6) is -0.0704. The Morgan fingerprint density at radius 3 is 2.27 bits per heavy atom. The van der Waals surface area contributed by atoms with Gasteiger partial charge in [-0.1, -0.05) is 68.0 Å². The summed E-state index contributed by atoms with van der Waals surface area (Å²) in [6, 6.07) is 26.7. The van der Waals surface area contributed by atoms with E-state index in [0.29, 0.717) is 5.56 Å². The molecular formula is C40H36N4O. The fourth-order valence-corrected chi connectivity index (χ4v) is 6.59. The van der Waals surface area contributed by atoms with Crippen LogP contribution in [0, 0.1) is 20.8 Å². The summed E-state index contributed by atoms with van der Waals surface area (Å²) in [6.45, 7) is 10.8. The van der Waals surface area contributed by atoms with Gasteiger partial charge < -0.3 is 9.97 Å². The molecule has 0 fully saturated rings. The first-order chi connectivity index (χ1) is 21.6. The van der Waals surface area contributed by atoms with Gasteiger partial charge in [-0.3, -0.25) is 9.78 Å². The molecule has 2 aromatic carbocycles. The Morgan fingerprint density at radius 2 is 1.51 bits per heavy atom. The first-order valence-electron chi connectivity index (χ1n) is 15.4. The van der Waals surface area contributed by atoms with Gasteiger partial charge in [0.1, 0.15) is 0 Å². The van der Waals surface area contributed by atoms with Crippen molar-refractivity contribution >= 4 is 46.1 Å². The number of aromatic amines is 2. The predicted molar refractivity (Wildman–Crippen MR) is 186 cm³/mol. The molecule has 5 heterocycles. The molecule has 0 unspecified atom stereocenters. The third kappa shape index (κ3) is 5.58. The SMILES string of the molecule is Cc1cc(C)c(-c2c3nc(cc4ccc(cc5nc(cc6[nH]c2cc6C(=O)/C=C/c2ccccc2)CC5(C)C)[nH]4)C=C3)c(C)c1. The largest absolute Gasteiger partial charge is 0.355 e. The molecule has 222 valence electrons. The monoisotopic (exact) mass is 588 g/mol. The summed E-state index contributed by atoms with van der Waals surface area (Å²) in [7, 11) is 0. The summed E-state index contributed by atoms with van der Waals surface area (Å²) in [6.07, 6.45) is 8.41. The van der Waals surface area contributed by atoms with E-state index >= 15 is 0 Å². The summed E-state index contributed by atoms with van der Waals surface area (Å²) < 4.78 is 0. The van der Waals surface area contributed by atoms with Gasteiger partial charge in [0.2, 0.25) is 0 Å². The normalized spacial score (nSPS) is 13.9. The summed E-state index contributed by atoms with van der Waals surface area (Å²) in [4.78, 5) is 31.3. The second-order valence-electron chi connectivity index (χ2n) is 12.9. The molecule has 7 rings (SSSR count). The van der Waals surface area contributed by atoms with Crippen molar-refractivity contribution in [2.45, 2.75) is 46.5 Å². The van der Waals surface area contributed by atoms with Gasteiger partial charge in [0.15, 0.2) is 5.78 Å². The van der Waals surface area contributed by atoms with E-state index in [1.54, 1.807) is 6.08 Å². The van der Waals surface area contributed by atoms with Crippen LogP contribution < -0.4 is 0 Å². The van der Waals surface area contributed by atoms with Crippen LogP contribution >= 0.6 is 0 Å². The molecule has 2 aliphatic rings. The Bertz CT molecular complexity index is 2190. The number of hydrogen-bond acceptors (Lipinski definition) is 3. The first kappa shape index (κ1) is 28.5. The van der Waals surface area contributed by atoms with Gasteiger partial charge in [-0.05, 0) is 97.7 Å². The lowest BCUT2D eigenvalue weighted by molar-refractivity contribution is 0.104. The molecule has 2 aliphatic heterocycles. The quantitative estimate of drug-likeness (QED) is 0.159. The van der Waals surface area contributed by atoms with E-state index < -0.39 is 0 Å². The highest BCUT2D eigenvalue weighted by Gasteiger charge is 2.28. The molecule has 5 heteroatoms. The molecule has 0 atom stereocenters. The van der Waals surface area contributed by atoms with E-state index in [4.69, 9.17) is 9.97 Å². The van der Waals surface area contributed by atoms with Crippen molar-refractivity contribution < 1.29 is 4.79 Å². The Balaban J connectivity index is 1.58. The topological polar surface area (TPSA) is 74.4 Å². The number of rotatable bonds is 4. The van der Waals surface area contributed by atoms with Gasteiger partial charge in [-0.2, -0.15) is 0 Å². The average Bonchev–Trinajstić information content (AvgIpc) is 3.78. The number of carbonyl (C=O) groups is 1. The Hall–Kier alpha value is -5.29. The van der Waals surface area contributed by atoms with E-state index in [1.165, 1.54) is 5.56 Å². The van der Waals surface area contributed by atoms with Gasteiger partial charge in [0.25, 0.3) is 0 Å². The van der Waals surface area contributed by atoms with Crippen LogP contribution in [-0.4, -0.2) is 25.7 Å². The molecule has 8 bridgehead atoms. The number of allylic oxidation sites excluding steroid dienone is 1. The van der Waals surface area contributed by atoms with Crippen molar-refractivity contribution in [3.05, 3.63) is 136 Å². The number of aromatic nitrogens is 4. The number of fused-ring (bicyclic) bond motifs is 8. The van der Waals surface area contributed by atoms with E-state index in [9.17, 15) is 4.79 Å². The lowest BCUT2D eigenvalue weighted by Crippen LogP contribution is -2.14. The van der Waals surface area contributed by atoms with Crippen molar-refractivity contribution in [2.75, 3.05) is 0 Å². The van der Waals surface area contributed by atoms with Crippen LogP contribution in [0.2, 0.25) is 0 Å². The molecule has 2 N–H and O–H groups in total. The highest BCUT2D eigenvalue weighted by molar-refractivity contribution is 6.13. The van der Waals surface area contributed by atoms with E-state index in [1.807, 2.05) is 54.6 Å².